The van der Waals surface area contributed by atoms with Crippen LogP contribution in [0.5, 0.6) is 0 Å². The molecule has 0 heterocycles. The van der Waals surface area contributed by atoms with Crippen molar-refractivity contribution in [3.8, 4) is 0 Å². The van der Waals surface area contributed by atoms with Crippen LogP contribution in [0.15, 0.2) is 0 Å². The predicted molar refractivity (Wildman–Crippen MR) is 86.1 cm³/mol. The van der Waals surface area contributed by atoms with Crippen LogP contribution in [0.3, 0.4) is 0 Å². The number of hydrogen-bond donors (Lipinski definition) is 4. The molecule has 4 N–H and O–H groups in total. The summed E-state index contributed by atoms with van der Waals surface area (Å²) in [7, 11) is -4.67. The van der Waals surface area contributed by atoms with Crippen molar-refractivity contribution in [1.29, 1.82) is 0 Å². The molecule has 0 spiro atoms. The molecule has 8 heteroatoms. The largest absolute Gasteiger partial charge is 0.394 e. The molecule has 0 rings (SSSR count). The molecule has 1 amide bonds. The van der Waals surface area contributed by atoms with E-state index in [0.717, 1.165) is 6.42 Å². The number of unbranched alkanes of at least 4 members (excludes halogenated alkanes) is 9. The van der Waals surface area contributed by atoms with Crippen molar-refractivity contribution < 1.29 is 27.4 Å². The van der Waals surface area contributed by atoms with Crippen LogP contribution in [0.2, 0.25) is 0 Å². The van der Waals surface area contributed by atoms with Crippen molar-refractivity contribution in [2.45, 2.75) is 71.1 Å². The van der Waals surface area contributed by atoms with Gasteiger partial charge in [-0.3, -0.25) is 13.9 Å². The zero-order chi connectivity index (χ0) is 17.3. The van der Waals surface area contributed by atoms with Gasteiger partial charge in [0.05, 0.1) is 0 Å². The van der Waals surface area contributed by atoms with E-state index in [9.17, 15) is 4.79 Å². The third-order valence-corrected chi connectivity index (χ3v) is 3.00. The van der Waals surface area contributed by atoms with E-state index in [1.54, 1.807) is 0 Å². The Balaban J connectivity index is 0. The standard InChI is InChI=1S/C14H29NO2.H2O4S/c1-2-3-4-5-6-7-8-9-10-11-12-15-14(17)13-16;1-5(2,3)4/h16H,2-13H2,1H3,(H,15,17);(H2,1,2,3,4). The molecule has 0 aromatic carbocycles. The molecule has 0 aromatic heterocycles. The Bertz CT molecular complexity index is 337. The van der Waals surface area contributed by atoms with Gasteiger partial charge >= 0.3 is 10.4 Å². The average Bonchev–Trinajstić information content (AvgIpc) is 2.42. The summed E-state index contributed by atoms with van der Waals surface area (Å²) >= 11 is 0. The number of carbonyl (C=O) groups excluding carboxylic acids is 1. The quantitative estimate of drug-likeness (QED) is 0.319. The normalized spacial score (nSPS) is 10.7. The summed E-state index contributed by atoms with van der Waals surface area (Å²) in [5.41, 5.74) is 0. The molecular weight excluding hydrogens is 310 g/mol. The highest BCUT2D eigenvalue weighted by atomic mass is 32.3. The van der Waals surface area contributed by atoms with Crippen LogP contribution >= 0.6 is 0 Å². The first-order valence-electron chi connectivity index (χ1n) is 7.88. The second kappa shape index (κ2) is 16.7. The lowest BCUT2D eigenvalue weighted by Crippen LogP contribution is -2.26. The molecule has 0 aliphatic heterocycles. The molecule has 0 radical (unpaired) electrons. The molecule has 0 unspecified atom stereocenters. The molecule has 0 saturated heterocycles. The number of aliphatic hydroxyl groups is 1. The van der Waals surface area contributed by atoms with Crippen molar-refractivity contribution in [1.82, 2.24) is 5.32 Å². The molecule has 0 aromatic rings. The number of nitrogens with one attached hydrogen (secondary N) is 1. The molecule has 0 saturated carbocycles. The maximum Gasteiger partial charge on any atom is 0.394 e. The fraction of sp³-hybridized carbons (Fsp3) is 0.929. The summed E-state index contributed by atoms with van der Waals surface area (Å²) < 4.78 is 31.6. The van der Waals surface area contributed by atoms with E-state index in [1.165, 1.54) is 57.8 Å². The lowest BCUT2D eigenvalue weighted by atomic mass is 10.1. The summed E-state index contributed by atoms with van der Waals surface area (Å²) in [4.78, 5) is 10.7. The van der Waals surface area contributed by atoms with Crippen LogP contribution in [-0.2, 0) is 15.2 Å². The summed E-state index contributed by atoms with van der Waals surface area (Å²) in [6, 6.07) is 0. The highest BCUT2D eigenvalue weighted by Gasteiger charge is 1.96. The second-order valence-corrected chi connectivity index (χ2v) is 6.03. The third-order valence-electron chi connectivity index (χ3n) is 3.00. The van der Waals surface area contributed by atoms with Gasteiger partial charge in [-0.2, -0.15) is 8.42 Å². The zero-order valence-corrected chi connectivity index (χ0v) is 14.3. The van der Waals surface area contributed by atoms with E-state index < -0.39 is 17.0 Å². The van der Waals surface area contributed by atoms with Gasteiger partial charge in [-0.1, -0.05) is 64.7 Å². The van der Waals surface area contributed by atoms with Crippen LogP contribution in [0, 0.1) is 0 Å². The van der Waals surface area contributed by atoms with Gasteiger partial charge in [-0.25, -0.2) is 0 Å². The van der Waals surface area contributed by atoms with Crippen LogP contribution in [0.1, 0.15) is 71.1 Å². The number of aliphatic hydroxyl groups excluding tert-OH is 1. The van der Waals surface area contributed by atoms with Gasteiger partial charge in [-0.15, -0.1) is 0 Å². The molecule has 0 atom stereocenters. The Hall–Kier alpha value is -0.700. The Kier molecular flexibility index (Phi) is 17.9. The van der Waals surface area contributed by atoms with Gasteiger partial charge in [0.1, 0.15) is 6.61 Å². The Morgan fingerprint density at radius 3 is 1.59 bits per heavy atom. The highest BCUT2D eigenvalue weighted by Crippen LogP contribution is 2.10. The SMILES string of the molecule is CCCCCCCCCCCCNC(=O)CO.O=S(=O)(O)O. The summed E-state index contributed by atoms with van der Waals surface area (Å²) in [5.74, 6) is -0.263. The van der Waals surface area contributed by atoms with E-state index in [1.807, 2.05) is 0 Å². The first-order valence-corrected chi connectivity index (χ1v) is 9.28. The van der Waals surface area contributed by atoms with Gasteiger partial charge in [0, 0.05) is 6.54 Å². The van der Waals surface area contributed by atoms with Gasteiger partial charge in [-0.05, 0) is 6.42 Å². The minimum Gasteiger partial charge on any atom is -0.387 e. The van der Waals surface area contributed by atoms with Crippen LogP contribution in [0.4, 0.5) is 0 Å². The zero-order valence-electron chi connectivity index (χ0n) is 13.5. The van der Waals surface area contributed by atoms with E-state index in [4.69, 9.17) is 22.6 Å². The molecule has 22 heavy (non-hydrogen) atoms. The lowest BCUT2D eigenvalue weighted by Gasteiger charge is -2.03. The van der Waals surface area contributed by atoms with E-state index >= 15 is 0 Å². The summed E-state index contributed by atoms with van der Waals surface area (Å²) in [6.07, 6.45) is 13.0. The number of rotatable bonds is 12. The average molecular weight is 341 g/mol. The third kappa shape index (κ3) is 31.6. The molecule has 0 bridgehead atoms. The number of amides is 1. The van der Waals surface area contributed by atoms with Crippen molar-refractivity contribution in [3.05, 3.63) is 0 Å². The highest BCUT2D eigenvalue weighted by molar-refractivity contribution is 7.79. The van der Waals surface area contributed by atoms with E-state index in [-0.39, 0.29) is 5.91 Å². The van der Waals surface area contributed by atoms with E-state index in [2.05, 4.69) is 12.2 Å². The molecule has 134 valence electrons. The first kappa shape index (κ1) is 23.6. The second-order valence-electron chi connectivity index (χ2n) is 5.14. The topological polar surface area (TPSA) is 124 Å². The first-order chi connectivity index (χ1) is 10.3. The van der Waals surface area contributed by atoms with Crippen LogP contribution in [-0.4, -0.2) is 41.7 Å². The predicted octanol–water partition coefficient (Wildman–Crippen LogP) is 2.36. The molecule has 0 aliphatic rings. The maximum absolute atomic E-state index is 10.7. The molecular formula is C14H31NO6S. The summed E-state index contributed by atoms with van der Waals surface area (Å²) in [5, 5.41) is 11.2. The monoisotopic (exact) mass is 341 g/mol. The maximum atomic E-state index is 10.7. The van der Waals surface area contributed by atoms with Gasteiger partial charge < -0.3 is 10.4 Å². The van der Waals surface area contributed by atoms with Gasteiger partial charge in [0.2, 0.25) is 5.91 Å². The minimum absolute atomic E-state index is 0.263. The fourth-order valence-corrected chi connectivity index (χ4v) is 1.90. The number of hydrogen-bond acceptors (Lipinski definition) is 4. The van der Waals surface area contributed by atoms with Crippen molar-refractivity contribution >= 4 is 16.3 Å². The van der Waals surface area contributed by atoms with Crippen molar-refractivity contribution in [2.75, 3.05) is 13.2 Å². The lowest BCUT2D eigenvalue weighted by molar-refractivity contribution is -0.123. The van der Waals surface area contributed by atoms with Crippen molar-refractivity contribution in [2.24, 2.45) is 0 Å². The Morgan fingerprint density at radius 1 is 0.864 bits per heavy atom. The molecule has 0 aliphatic carbocycles. The van der Waals surface area contributed by atoms with Gasteiger partial charge in [0.25, 0.3) is 0 Å². The summed E-state index contributed by atoms with van der Waals surface area (Å²) in [6.45, 7) is 2.56. The fourth-order valence-electron chi connectivity index (χ4n) is 1.90. The molecule has 7 nitrogen and oxygen atoms in total. The van der Waals surface area contributed by atoms with Crippen LogP contribution < -0.4 is 5.32 Å². The Labute approximate surface area is 134 Å². The minimum atomic E-state index is -4.67. The van der Waals surface area contributed by atoms with Crippen molar-refractivity contribution in [3.63, 3.8) is 0 Å². The van der Waals surface area contributed by atoms with E-state index in [0.29, 0.717) is 6.54 Å². The smallest absolute Gasteiger partial charge is 0.387 e. The Morgan fingerprint density at radius 2 is 1.23 bits per heavy atom. The van der Waals surface area contributed by atoms with Gasteiger partial charge in [0.15, 0.2) is 0 Å². The molecule has 0 fully saturated rings. The number of carbonyl (C=O) groups is 1. The van der Waals surface area contributed by atoms with Crippen LogP contribution in [0.25, 0.3) is 0 Å².